The SMILES string of the molecule is CC[C@H](C)[C@@H]1NC(=O)[C@@H](CCCN=C(N)N)NC(=O)[C@H](CC(C)C)NC(=O)[C@H]([C@H](O)C(C)C)NC(=O)[C@@H](NC(=O)[C@H](CC(C)(C)C)NC[C@H](C[Si](C)(C)C)NC(=O)OCc2ccccc2)[C@@H](c2ccccc2)NC(=O)[C@H](CO)NC(=O)[C@H]([C@H](O)C(N)=O)NC(=O)CNC(=O)[C@H]([C@H](C)O)NC1=O.O=C(O)C(F)(F)F.O=C(O)C(F)(F)F. The molecule has 12 amide bonds. The predicted molar refractivity (Wildman–Crippen MR) is 404 cm³/mol. The largest absolute Gasteiger partial charge is 0.490 e. The van der Waals surface area contributed by atoms with Gasteiger partial charge in [-0.15, -0.1) is 0 Å². The van der Waals surface area contributed by atoms with Gasteiger partial charge in [-0.2, -0.15) is 26.3 Å². The number of aliphatic imine (C=N–C) groups is 1. The number of carboxylic acids is 2. The molecule has 1 fully saturated rings. The van der Waals surface area contributed by atoms with E-state index in [0.717, 1.165) is 12.5 Å². The van der Waals surface area contributed by atoms with E-state index in [4.69, 9.17) is 41.7 Å². The third-order valence-corrected chi connectivity index (χ3v) is 18.5. The van der Waals surface area contributed by atoms with Gasteiger partial charge in [0.2, 0.25) is 65.0 Å². The maximum Gasteiger partial charge on any atom is 0.490 e. The van der Waals surface area contributed by atoms with Gasteiger partial charge in [-0.05, 0) is 72.9 Å². The number of alkyl halides is 6. The summed E-state index contributed by atoms with van der Waals surface area (Å²) in [5.41, 5.74) is 16.7. The topological polar surface area (TPSA) is 604 Å². The van der Waals surface area contributed by atoms with Crippen LogP contribution in [0, 0.1) is 23.2 Å². The molecule has 648 valence electrons. The molecule has 2 aromatic carbocycles. The first-order valence-corrected chi connectivity index (χ1v) is 40.1. The molecule has 44 heteroatoms. The lowest BCUT2D eigenvalue weighted by Gasteiger charge is -2.35. The molecule has 0 saturated carbocycles. The fourth-order valence-corrected chi connectivity index (χ4v) is 12.5. The second-order valence-corrected chi connectivity index (χ2v) is 35.8. The number of primary amides is 1. The normalized spacial score (nSPS) is 22.0. The summed E-state index contributed by atoms with van der Waals surface area (Å²) in [4.78, 5) is 194. The van der Waals surface area contributed by atoms with Crippen molar-refractivity contribution < 1.29 is 129 Å². The summed E-state index contributed by atoms with van der Waals surface area (Å²) in [5.74, 6) is -20.8. The van der Waals surface area contributed by atoms with Gasteiger partial charge in [0.15, 0.2) is 12.1 Å². The number of hydrogen-bond donors (Lipinski definition) is 21. The quantitative estimate of drug-likeness (QED) is 0.0168. The summed E-state index contributed by atoms with van der Waals surface area (Å²) in [6, 6.07) is -1.59. The molecule has 1 saturated heterocycles. The summed E-state index contributed by atoms with van der Waals surface area (Å²) in [7, 11) is -2.03. The smallest absolute Gasteiger partial charge is 0.475 e. The van der Waals surface area contributed by atoms with Crippen LogP contribution in [0.2, 0.25) is 25.7 Å². The van der Waals surface area contributed by atoms with Gasteiger partial charge >= 0.3 is 30.4 Å². The number of rotatable bonds is 26. The highest BCUT2D eigenvalue weighted by atomic mass is 28.3. The summed E-state index contributed by atoms with van der Waals surface area (Å²) < 4.78 is 69.1. The second-order valence-electron chi connectivity index (χ2n) is 30.3. The number of ether oxygens (including phenoxy) is 1. The van der Waals surface area contributed by atoms with E-state index in [-0.39, 0.29) is 69.2 Å². The van der Waals surface area contributed by atoms with Gasteiger partial charge < -0.3 is 116 Å². The fraction of sp³-hybridized carbons (Fsp3) is 0.620. The van der Waals surface area contributed by atoms with Crippen molar-refractivity contribution in [2.24, 2.45) is 45.4 Å². The van der Waals surface area contributed by atoms with Crippen LogP contribution >= 0.6 is 0 Å². The summed E-state index contributed by atoms with van der Waals surface area (Å²) in [6.45, 7) is 20.2. The molecule has 1 aliphatic heterocycles. The van der Waals surface area contributed by atoms with E-state index < -0.39 is 219 Å². The van der Waals surface area contributed by atoms with E-state index in [1.54, 1.807) is 58.0 Å². The molecule has 0 radical (unpaired) electrons. The fourth-order valence-electron chi connectivity index (χ4n) is 10.8. The maximum absolute atomic E-state index is 15.7. The van der Waals surface area contributed by atoms with Gasteiger partial charge in [-0.25, -0.2) is 14.4 Å². The number of aliphatic hydroxyl groups excluding tert-OH is 4. The maximum atomic E-state index is 15.7. The van der Waals surface area contributed by atoms with Crippen LogP contribution in [0.3, 0.4) is 0 Å². The molecule has 0 bridgehead atoms. The highest BCUT2D eigenvalue weighted by Crippen LogP contribution is 2.25. The molecular weight excluding hydrogens is 1550 g/mol. The Hall–Kier alpha value is -10.3. The molecular formula is C71H112F6N16O21Si. The first kappa shape index (κ1) is 103. The highest BCUT2D eigenvalue weighted by molar-refractivity contribution is 6.76. The number of guanidine groups is 1. The first-order valence-electron chi connectivity index (χ1n) is 36.4. The van der Waals surface area contributed by atoms with Crippen molar-refractivity contribution in [1.29, 1.82) is 0 Å². The van der Waals surface area contributed by atoms with Gasteiger partial charge in [0.1, 0.15) is 54.9 Å². The monoisotopic (exact) mass is 1670 g/mol. The van der Waals surface area contributed by atoms with Crippen LogP contribution in [-0.2, 0) is 73.7 Å². The number of carbonyl (C=O) groups excluding carboxylic acids is 12. The molecule has 1 aliphatic rings. The zero-order valence-electron chi connectivity index (χ0n) is 66.1. The molecule has 24 N–H and O–H groups in total. The molecule has 0 aliphatic carbocycles. The molecule has 15 atom stereocenters. The Balaban J connectivity index is 0.00000429. The van der Waals surface area contributed by atoms with E-state index >= 15 is 14.4 Å². The minimum absolute atomic E-state index is 0.0243. The Morgan fingerprint density at radius 2 is 1.12 bits per heavy atom. The van der Waals surface area contributed by atoms with Crippen LogP contribution < -0.4 is 81.0 Å². The van der Waals surface area contributed by atoms with E-state index in [2.05, 4.69) is 83.1 Å². The van der Waals surface area contributed by atoms with Crippen LogP contribution in [0.1, 0.15) is 119 Å². The number of aliphatic carboxylic acids is 2. The molecule has 2 aromatic rings. The molecule has 115 heavy (non-hydrogen) atoms. The number of nitrogens with two attached hydrogens (primary N) is 3. The summed E-state index contributed by atoms with van der Waals surface area (Å²) >= 11 is 0. The van der Waals surface area contributed by atoms with Gasteiger partial charge in [0, 0.05) is 27.2 Å². The number of alkyl carbamates (subject to hydrolysis) is 1. The number of amides is 12. The van der Waals surface area contributed by atoms with Crippen molar-refractivity contribution in [3.05, 3.63) is 71.8 Å². The van der Waals surface area contributed by atoms with Gasteiger partial charge in [-0.1, -0.05) is 149 Å². The Labute approximate surface area is 661 Å². The van der Waals surface area contributed by atoms with Crippen molar-refractivity contribution in [2.45, 2.75) is 231 Å². The molecule has 1 heterocycles. The number of benzene rings is 2. The number of hydrogen-bond acceptors (Lipinski definition) is 21. The zero-order chi connectivity index (χ0) is 88.4. The van der Waals surface area contributed by atoms with Crippen molar-refractivity contribution in [3.8, 4) is 0 Å². The number of halogens is 6. The van der Waals surface area contributed by atoms with Crippen LogP contribution in [0.5, 0.6) is 0 Å². The Morgan fingerprint density at radius 1 is 0.635 bits per heavy atom. The Kier molecular flexibility index (Phi) is 43.0. The van der Waals surface area contributed by atoms with E-state index in [1.807, 2.05) is 32.2 Å². The lowest BCUT2D eigenvalue weighted by molar-refractivity contribution is -0.193. The van der Waals surface area contributed by atoms with Gasteiger partial charge in [0.25, 0.3) is 0 Å². The minimum Gasteiger partial charge on any atom is -0.475 e. The molecule has 0 unspecified atom stereocenters. The zero-order valence-corrected chi connectivity index (χ0v) is 67.1. The van der Waals surface area contributed by atoms with E-state index in [0.29, 0.717) is 6.04 Å². The van der Waals surface area contributed by atoms with E-state index in [1.165, 1.54) is 38.1 Å². The van der Waals surface area contributed by atoms with E-state index in [9.17, 15) is 89.9 Å². The Bertz CT molecular complexity index is 3570. The van der Waals surface area contributed by atoms with Crippen LogP contribution in [0.25, 0.3) is 0 Å². The number of nitrogens with one attached hydrogen (secondary N) is 12. The van der Waals surface area contributed by atoms with Gasteiger partial charge in [0.05, 0.1) is 37.4 Å². The highest BCUT2D eigenvalue weighted by Gasteiger charge is 2.44. The molecule has 37 nitrogen and oxygen atoms in total. The predicted octanol–water partition coefficient (Wildman–Crippen LogP) is -1.47. The third-order valence-electron chi connectivity index (χ3n) is 16.8. The van der Waals surface area contributed by atoms with Crippen molar-refractivity contribution in [1.82, 2.24) is 63.8 Å². The number of carboxylic acid groups (broad SMARTS) is 2. The van der Waals surface area contributed by atoms with Crippen molar-refractivity contribution >= 4 is 97.0 Å². The average molecular weight is 1670 g/mol. The number of carbonyl (C=O) groups is 14. The first-order chi connectivity index (χ1) is 53.0. The van der Waals surface area contributed by atoms with Crippen molar-refractivity contribution in [2.75, 3.05) is 26.2 Å². The summed E-state index contributed by atoms with van der Waals surface area (Å²) in [5, 5.41) is 89.8. The van der Waals surface area contributed by atoms with Gasteiger partial charge in [-0.3, -0.25) is 57.7 Å². The molecule has 3 rings (SSSR count). The average Bonchev–Trinajstić information content (AvgIpc) is 0.809. The van der Waals surface area contributed by atoms with Crippen molar-refractivity contribution in [3.63, 3.8) is 0 Å². The molecule has 0 aromatic heterocycles. The summed E-state index contributed by atoms with van der Waals surface area (Å²) in [6.07, 6.45) is -16.9. The second kappa shape index (κ2) is 48.2. The van der Waals surface area contributed by atoms with Crippen LogP contribution in [0.15, 0.2) is 65.7 Å². The Morgan fingerprint density at radius 3 is 1.60 bits per heavy atom. The third kappa shape index (κ3) is 39.1. The molecule has 0 spiro atoms. The lowest BCUT2D eigenvalue weighted by Crippen LogP contribution is -2.65. The van der Waals surface area contributed by atoms with Crippen LogP contribution in [0.4, 0.5) is 31.1 Å². The standard InChI is InChI=1S/C67H110N16O17Si.2C2HF3O2/c1-14-37(6)47-61(95)80-48(38(7)85)60(94)73-31-46(86)78-52(54(88)55(68)89)64(98)77-45(32-84)59(93)81-49(40-24-19-16-20-25-40)50(82-58(92)44(29-67(8,9)10)72-30-41(34-101(11,12)13)74-66(99)100-33-39-22-17-15-18-23-39)62(96)83-51(53(87)36(4)5)63(97)76-43(28-35(2)3)57(91)75-42(56(90)79-47)26-21-27-71-65(69)70;2*3-2(4,5)1(6)7/h15-20,22-25,35-38,41-45,47-54,72,84-85,87-88H,14,21,26-34H2,1-13H3,(H2,68,89)(H,73,94)(H,74,99)(H,75,91)(H,76,97)(H,77,98)(H,78,86)(H,79,90)(H,80,95)(H,81,93)(H,82,92)(H,83,96)(H4,69,70,71);2*(H,6,7)/t37-,38-,41+,42+,43-,44-,45-,47-,48-,49+,50-,51-,52-,53+,54-;;/m0../s1. The lowest BCUT2D eigenvalue weighted by atomic mass is 9.87. The minimum atomic E-state index is -5.08. The van der Waals surface area contributed by atoms with Crippen LogP contribution in [-0.4, -0.2) is 245 Å². The number of aliphatic hydroxyl groups is 4. The number of nitrogens with zero attached hydrogens (tertiary/aromatic N) is 1.